The Labute approximate surface area is 198 Å². The van der Waals surface area contributed by atoms with Gasteiger partial charge in [0.1, 0.15) is 5.75 Å². The van der Waals surface area contributed by atoms with E-state index in [1.165, 1.54) is 5.56 Å². The molecule has 2 heterocycles. The minimum atomic E-state index is -1.13. The average molecular weight is 464 g/mol. The van der Waals surface area contributed by atoms with Gasteiger partial charge in [-0.05, 0) is 67.3 Å². The van der Waals surface area contributed by atoms with Crippen molar-refractivity contribution in [3.8, 4) is 17.2 Å². The van der Waals surface area contributed by atoms with Crippen molar-refractivity contribution in [1.29, 1.82) is 0 Å². The zero-order valence-corrected chi connectivity index (χ0v) is 20.0. The molecule has 0 unspecified atom stereocenters. The van der Waals surface area contributed by atoms with Crippen LogP contribution >= 0.6 is 11.6 Å². The molecule has 0 bridgehead atoms. The molecule has 4 rings (SSSR count). The fourth-order valence-corrected chi connectivity index (χ4v) is 3.45. The van der Waals surface area contributed by atoms with Crippen LogP contribution in [0.25, 0.3) is 22.7 Å². The van der Waals surface area contributed by atoms with Gasteiger partial charge in [0.25, 0.3) is 5.91 Å². The predicted molar refractivity (Wildman–Crippen MR) is 131 cm³/mol. The van der Waals surface area contributed by atoms with Crippen molar-refractivity contribution in [1.82, 2.24) is 9.97 Å². The van der Waals surface area contributed by atoms with Crippen LogP contribution in [0.1, 0.15) is 40.2 Å². The SMILES string of the molecule is CC(C)(Oc1ccc(C(C)(C)C)cc1)C(=O)Nc1cc(-c2nc3ncccc3o2)ccc1Cl. The number of hydrogen-bond donors (Lipinski definition) is 1. The summed E-state index contributed by atoms with van der Waals surface area (Å²) in [5.41, 5.74) is 2.30. The van der Waals surface area contributed by atoms with Gasteiger partial charge >= 0.3 is 0 Å². The lowest BCUT2D eigenvalue weighted by Crippen LogP contribution is -2.42. The van der Waals surface area contributed by atoms with E-state index in [4.69, 9.17) is 20.8 Å². The number of nitrogens with zero attached hydrogens (tertiary/aromatic N) is 2. The molecule has 6 nitrogen and oxygen atoms in total. The van der Waals surface area contributed by atoms with Crippen molar-refractivity contribution in [3.05, 3.63) is 71.4 Å². The zero-order valence-electron chi connectivity index (χ0n) is 19.3. The third kappa shape index (κ3) is 5.01. The first-order chi connectivity index (χ1) is 15.5. The highest BCUT2D eigenvalue weighted by molar-refractivity contribution is 6.34. The minimum Gasteiger partial charge on any atom is -0.478 e. The van der Waals surface area contributed by atoms with Gasteiger partial charge in [0.05, 0.1) is 10.7 Å². The molecular weight excluding hydrogens is 438 g/mol. The summed E-state index contributed by atoms with van der Waals surface area (Å²) in [5.74, 6) is 0.674. The Balaban J connectivity index is 1.52. The molecule has 0 spiro atoms. The Morgan fingerprint density at radius 1 is 1.03 bits per heavy atom. The lowest BCUT2D eigenvalue weighted by atomic mass is 9.87. The van der Waals surface area contributed by atoms with Crippen molar-refractivity contribution in [3.63, 3.8) is 0 Å². The van der Waals surface area contributed by atoms with Crippen molar-refractivity contribution < 1.29 is 13.9 Å². The maximum atomic E-state index is 13.1. The molecule has 0 aliphatic heterocycles. The number of ether oxygens (including phenoxy) is 1. The number of amides is 1. The van der Waals surface area contributed by atoms with Crippen LogP contribution in [-0.4, -0.2) is 21.5 Å². The highest BCUT2D eigenvalue weighted by atomic mass is 35.5. The van der Waals surface area contributed by atoms with Gasteiger partial charge in [0.15, 0.2) is 16.8 Å². The highest BCUT2D eigenvalue weighted by Crippen LogP contribution is 2.31. The molecular formula is C26H26ClN3O3. The number of anilines is 1. The van der Waals surface area contributed by atoms with Crippen LogP contribution < -0.4 is 10.1 Å². The number of hydrogen-bond acceptors (Lipinski definition) is 5. The van der Waals surface area contributed by atoms with Crippen LogP contribution in [-0.2, 0) is 10.2 Å². The van der Waals surface area contributed by atoms with Gasteiger partial charge in [-0.2, -0.15) is 4.98 Å². The maximum absolute atomic E-state index is 13.1. The summed E-state index contributed by atoms with van der Waals surface area (Å²) in [7, 11) is 0. The summed E-state index contributed by atoms with van der Waals surface area (Å²) in [4.78, 5) is 21.7. The van der Waals surface area contributed by atoms with E-state index in [1.54, 1.807) is 50.4 Å². The Bertz CT molecular complexity index is 1270. The number of carbonyl (C=O) groups excluding carboxylic acids is 1. The van der Waals surface area contributed by atoms with Gasteiger partial charge in [-0.1, -0.05) is 44.5 Å². The fourth-order valence-electron chi connectivity index (χ4n) is 3.28. The number of oxazole rings is 1. The Morgan fingerprint density at radius 3 is 2.42 bits per heavy atom. The van der Waals surface area contributed by atoms with E-state index in [1.807, 2.05) is 24.3 Å². The molecule has 0 saturated heterocycles. The molecule has 0 fully saturated rings. The first-order valence-corrected chi connectivity index (χ1v) is 11.0. The molecule has 2 aromatic heterocycles. The van der Waals surface area contributed by atoms with Crippen molar-refractivity contribution >= 4 is 34.4 Å². The van der Waals surface area contributed by atoms with Gasteiger partial charge in [-0.15, -0.1) is 0 Å². The second-order valence-electron chi connectivity index (χ2n) is 9.38. The smallest absolute Gasteiger partial charge is 0.268 e. The number of fused-ring (bicyclic) bond motifs is 1. The van der Waals surface area contributed by atoms with Crippen LogP contribution in [0.4, 0.5) is 5.69 Å². The normalized spacial score (nSPS) is 12.1. The van der Waals surface area contributed by atoms with E-state index in [9.17, 15) is 4.79 Å². The monoisotopic (exact) mass is 463 g/mol. The number of nitrogens with one attached hydrogen (secondary N) is 1. The van der Waals surface area contributed by atoms with Gasteiger partial charge in [-0.3, -0.25) is 4.79 Å². The standard InChI is InChI=1S/C26H26ClN3O3/c1-25(2,3)17-9-11-18(12-10-17)33-26(4,5)24(31)29-20-15-16(8-13-19(20)27)23-30-22-21(32-23)7-6-14-28-22/h6-15H,1-5H3,(H,29,31). The van der Waals surface area contributed by atoms with Gasteiger partial charge in [0, 0.05) is 11.8 Å². The number of benzene rings is 2. The molecule has 170 valence electrons. The van der Waals surface area contributed by atoms with E-state index in [-0.39, 0.29) is 11.3 Å². The van der Waals surface area contributed by atoms with Gasteiger partial charge < -0.3 is 14.5 Å². The molecule has 2 aromatic carbocycles. The number of carbonyl (C=O) groups is 1. The predicted octanol–water partition coefficient (Wildman–Crippen LogP) is 6.64. The average Bonchev–Trinajstić information content (AvgIpc) is 3.19. The highest BCUT2D eigenvalue weighted by Gasteiger charge is 2.31. The Morgan fingerprint density at radius 2 is 1.76 bits per heavy atom. The molecule has 0 saturated carbocycles. The molecule has 0 atom stereocenters. The van der Waals surface area contributed by atoms with Crippen LogP contribution in [0.5, 0.6) is 5.75 Å². The zero-order chi connectivity index (χ0) is 23.8. The topological polar surface area (TPSA) is 77.2 Å². The Hall–Kier alpha value is -3.38. The fraction of sp³-hybridized carbons (Fsp3) is 0.269. The van der Waals surface area contributed by atoms with E-state index < -0.39 is 5.60 Å². The first kappa shape index (κ1) is 22.8. The molecule has 1 amide bonds. The van der Waals surface area contributed by atoms with E-state index in [0.717, 1.165) is 0 Å². The summed E-state index contributed by atoms with van der Waals surface area (Å²) >= 11 is 6.36. The summed E-state index contributed by atoms with van der Waals surface area (Å²) in [6, 6.07) is 16.6. The van der Waals surface area contributed by atoms with Crippen molar-refractivity contribution in [2.45, 2.75) is 45.6 Å². The second kappa shape index (κ2) is 8.52. The van der Waals surface area contributed by atoms with Gasteiger partial charge in [0.2, 0.25) is 5.89 Å². The molecule has 7 heteroatoms. The minimum absolute atomic E-state index is 0.0396. The number of pyridine rings is 1. The quantitative estimate of drug-likeness (QED) is 0.359. The number of halogens is 1. The van der Waals surface area contributed by atoms with Crippen LogP contribution in [0.15, 0.2) is 65.2 Å². The Kier molecular flexibility index (Phi) is 5.89. The van der Waals surface area contributed by atoms with Crippen LogP contribution in [0.2, 0.25) is 5.02 Å². The lowest BCUT2D eigenvalue weighted by molar-refractivity contribution is -0.128. The summed E-state index contributed by atoms with van der Waals surface area (Å²) < 4.78 is 11.8. The molecule has 0 aliphatic rings. The summed E-state index contributed by atoms with van der Waals surface area (Å²) in [6.07, 6.45) is 1.65. The van der Waals surface area contributed by atoms with E-state index in [0.29, 0.717) is 39.1 Å². The van der Waals surface area contributed by atoms with E-state index in [2.05, 4.69) is 36.1 Å². The summed E-state index contributed by atoms with van der Waals surface area (Å²) in [6.45, 7) is 9.87. The molecule has 4 aromatic rings. The van der Waals surface area contributed by atoms with Gasteiger partial charge in [-0.25, -0.2) is 4.98 Å². The number of aromatic nitrogens is 2. The third-order valence-electron chi connectivity index (χ3n) is 5.27. The molecule has 33 heavy (non-hydrogen) atoms. The van der Waals surface area contributed by atoms with E-state index >= 15 is 0 Å². The third-order valence-corrected chi connectivity index (χ3v) is 5.60. The lowest BCUT2D eigenvalue weighted by Gasteiger charge is -2.26. The van der Waals surface area contributed by atoms with Crippen molar-refractivity contribution in [2.75, 3.05) is 5.32 Å². The molecule has 0 radical (unpaired) electrons. The van der Waals surface area contributed by atoms with Crippen LogP contribution in [0.3, 0.4) is 0 Å². The largest absolute Gasteiger partial charge is 0.478 e. The van der Waals surface area contributed by atoms with Crippen LogP contribution in [0, 0.1) is 0 Å². The summed E-state index contributed by atoms with van der Waals surface area (Å²) in [5, 5.41) is 3.26. The molecule has 1 N–H and O–H groups in total. The molecule has 0 aliphatic carbocycles. The first-order valence-electron chi connectivity index (χ1n) is 10.7. The maximum Gasteiger partial charge on any atom is 0.268 e. The van der Waals surface area contributed by atoms with Crippen molar-refractivity contribution in [2.24, 2.45) is 0 Å². The second-order valence-corrected chi connectivity index (χ2v) is 9.79. The number of rotatable bonds is 5.